The Kier molecular flexibility index (Phi) is 3.79. The zero-order valence-electron chi connectivity index (χ0n) is 11.9. The lowest BCUT2D eigenvalue weighted by Gasteiger charge is -2.28. The minimum Gasteiger partial charge on any atom is -0.388 e. The van der Waals surface area contributed by atoms with Crippen LogP contribution in [0.5, 0.6) is 0 Å². The Morgan fingerprint density at radius 3 is 2.21 bits per heavy atom. The number of rotatable bonds is 7. The fourth-order valence-electron chi connectivity index (χ4n) is 2.77. The second-order valence-corrected chi connectivity index (χ2v) is 6.27. The molecule has 0 spiro atoms. The van der Waals surface area contributed by atoms with Crippen LogP contribution in [0.4, 0.5) is 5.69 Å². The molecule has 1 N–H and O–H groups in total. The molecule has 1 unspecified atom stereocenters. The maximum absolute atomic E-state index is 10.2. The largest absolute Gasteiger partial charge is 0.388 e. The zero-order valence-corrected chi connectivity index (χ0v) is 11.9. The molecule has 0 amide bonds. The second-order valence-electron chi connectivity index (χ2n) is 6.27. The molecule has 0 heterocycles. The number of hydrogen-bond donors (Lipinski definition) is 1. The molecule has 1 atom stereocenters. The summed E-state index contributed by atoms with van der Waals surface area (Å²) in [6.45, 7) is 4.42. The first-order valence-electron chi connectivity index (χ1n) is 7.80. The first-order valence-corrected chi connectivity index (χ1v) is 7.80. The first-order chi connectivity index (χ1) is 9.28. The van der Waals surface area contributed by atoms with Gasteiger partial charge in [0.1, 0.15) is 0 Å². The number of para-hydroxylation sites is 1. The van der Waals surface area contributed by atoms with Crippen LogP contribution in [-0.4, -0.2) is 18.2 Å². The van der Waals surface area contributed by atoms with Crippen LogP contribution < -0.4 is 4.90 Å². The fourth-order valence-corrected chi connectivity index (χ4v) is 2.77. The summed E-state index contributed by atoms with van der Waals surface area (Å²) in [5.74, 6) is 1.79. The van der Waals surface area contributed by atoms with Crippen LogP contribution in [0.15, 0.2) is 24.3 Å². The number of nitrogens with zero attached hydrogens (tertiary/aromatic N) is 1. The lowest BCUT2D eigenvalue weighted by atomic mass is 10.0. The van der Waals surface area contributed by atoms with E-state index in [1.54, 1.807) is 0 Å². The van der Waals surface area contributed by atoms with Gasteiger partial charge in [-0.3, -0.25) is 0 Å². The molecular formula is C17H25NO. The minimum atomic E-state index is -0.322. The average Bonchev–Trinajstić information content (AvgIpc) is 3.32. The van der Waals surface area contributed by atoms with Crippen molar-refractivity contribution in [3.05, 3.63) is 29.8 Å². The molecule has 19 heavy (non-hydrogen) atoms. The highest BCUT2D eigenvalue weighted by Crippen LogP contribution is 2.38. The van der Waals surface area contributed by atoms with Crippen molar-refractivity contribution in [3.63, 3.8) is 0 Å². The van der Waals surface area contributed by atoms with Gasteiger partial charge in [-0.2, -0.15) is 0 Å². The van der Waals surface area contributed by atoms with Gasteiger partial charge >= 0.3 is 0 Å². The monoisotopic (exact) mass is 259 g/mol. The van der Waals surface area contributed by atoms with Crippen molar-refractivity contribution < 1.29 is 5.11 Å². The lowest BCUT2D eigenvalue weighted by molar-refractivity contribution is 0.174. The Morgan fingerprint density at radius 1 is 1.11 bits per heavy atom. The number of aliphatic hydroxyl groups is 1. The van der Waals surface area contributed by atoms with E-state index in [2.05, 4.69) is 23.1 Å². The van der Waals surface area contributed by atoms with Crippen LogP contribution in [-0.2, 0) is 0 Å². The van der Waals surface area contributed by atoms with E-state index in [0.717, 1.165) is 23.8 Å². The molecule has 2 aliphatic rings. The van der Waals surface area contributed by atoms with E-state index < -0.39 is 0 Å². The molecule has 0 aromatic heterocycles. The van der Waals surface area contributed by atoms with Crippen molar-refractivity contribution in [1.29, 1.82) is 0 Å². The van der Waals surface area contributed by atoms with E-state index >= 15 is 0 Å². The zero-order chi connectivity index (χ0) is 13.2. The lowest BCUT2D eigenvalue weighted by Crippen LogP contribution is -2.29. The van der Waals surface area contributed by atoms with Gasteiger partial charge in [-0.1, -0.05) is 25.1 Å². The van der Waals surface area contributed by atoms with Crippen LogP contribution >= 0.6 is 0 Å². The summed E-state index contributed by atoms with van der Waals surface area (Å²) in [4.78, 5) is 2.55. The molecular weight excluding hydrogens is 234 g/mol. The average molecular weight is 259 g/mol. The van der Waals surface area contributed by atoms with Gasteiger partial charge in [0.15, 0.2) is 0 Å². The number of aliphatic hydroxyl groups excluding tert-OH is 1. The van der Waals surface area contributed by atoms with Crippen molar-refractivity contribution in [2.45, 2.75) is 45.1 Å². The maximum Gasteiger partial charge on any atom is 0.0807 e. The van der Waals surface area contributed by atoms with Crippen molar-refractivity contribution in [2.75, 3.05) is 18.0 Å². The standard InChI is InChI=1S/C17H25NO/c1-2-17(19)15-5-3-4-6-16(15)18(11-13-7-8-13)12-14-9-10-14/h3-6,13-14,17,19H,2,7-12H2,1H3. The maximum atomic E-state index is 10.2. The Balaban J connectivity index is 1.82. The molecule has 1 aromatic rings. The summed E-state index contributed by atoms with van der Waals surface area (Å²) >= 11 is 0. The van der Waals surface area contributed by atoms with Gasteiger partial charge in [0, 0.05) is 24.3 Å². The summed E-state index contributed by atoms with van der Waals surface area (Å²) < 4.78 is 0. The highest BCUT2D eigenvalue weighted by atomic mass is 16.3. The first kappa shape index (κ1) is 13.0. The topological polar surface area (TPSA) is 23.5 Å². The normalized spacial score (nSPS) is 20.3. The molecule has 2 heteroatoms. The van der Waals surface area contributed by atoms with Gasteiger partial charge < -0.3 is 10.0 Å². The Bertz CT molecular complexity index is 409. The Morgan fingerprint density at radius 2 is 1.68 bits per heavy atom. The van der Waals surface area contributed by atoms with Crippen LogP contribution in [0.2, 0.25) is 0 Å². The Hall–Kier alpha value is -1.02. The molecule has 1 aromatic carbocycles. The van der Waals surface area contributed by atoms with E-state index in [-0.39, 0.29) is 6.10 Å². The van der Waals surface area contributed by atoms with E-state index in [9.17, 15) is 5.11 Å². The third kappa shape index (κ3) is 3.30. The molecule has 2 aliphatic carbocycles. The number of benzene rings is 1. The van der Waals surface area contributed by atoms with Crippen molar-refractivity contribution in [3.8, 4) is 0 Å². The molecule has 104 valence electrons. The molecule has 2 fully saturated rings. The van der Waals surface area contributed by atoms with Crippen LogP contribution in [0.3, 0.4) is 0 Å². The fraction of sp³-hybridized carbons (Fsp3) is 0.647. The van der Waals surface area contributed by atoms with Crippen molar-refractivity contribution >= 4 is 5.69 Å². The van der Waals surface area contributed by atoms with Gasteiger partial charge in [-0.05, 0) is 50.0 Å². The van der Waals surface area contributed by atoms with Gasteiger partial charge in [0.25, 0.3) is 0 Å². The highest BCUT2D eigenvalue weighted by molar-refractivity contribution is 5.55. The molecule has 0 radical (unpaired) electrons. The molecule has 3 rings (SSSR count). The van der Waals surface area contributed by atoms with E-state index in [1.807, 2.05) is 13.0 Å². The summed E-state index contributed by atoms with van der Waals surface area (Å²) in [7, 11) is 0. The predicted octanol–water partition coefficient (Wildman–Crippen LogP) is 3.76. The molecule has 2 nitrogen and oxygen atoms in total. The third-order valence-electron chi connectivity index (χ3n) is 4.37. The molecule has 2 saturated carbocycles. The number of anilines is 1. The molecule has 0 bridgehead atoms. The molecule has 0 saturated heterocycles. The van der Waals surface area contributed by atoms with Crippen molar-refractivity contribution in [1.82, 2.24) is 0 Å². The highest BCUT2D eigenvalue weighted by Gasteiger charge is 2.30. The van der Waals surface area contributed by atoms with Gasteiger partial charge in [-0.25, -0.2) is 0 Å². The van der Waals surface area contributed by atoms with Crippen LogP contribution in [0, 0.1) is 11.8 Å². The van der Waals surface area contributed by atoms with E-state index in [4.69, 9.17) is 0 Å². The minimum absolute atomic E-state index is 0.322. The molecule has 0 aliphatic heterocycles. The summed E-state index contributed by atoms with van der Waals surface area (Å²) in [6.07, 6.45) is 6.02. The predicted molar refractivity (Wildman–Crippen MR) is 79.4 cm³/mol. The van der Waals surface area contributed by atoms with Crippen LogP contribution in [0.1, 0.15) is 50.7 Å². The van der Waals surface area contributed by atoms with Crippen LogP contribution in [0.25, 0.3) is 0 Å². The van der Waals surface area contributed by atoms with Gasteiger partial charge in [-0.15, -0.1) is 0 Å². The smallest absolute Gasteiger partial charge is 0.0807 e. The summed E-state index contributed by atoms with van der Waals surface area (Å²) in [5.41, 5.74) is 2.39. The number of hydrogen-bond acceptors (Lipinski definition) is 2. The second kappa shape index (κ2) is 5.54. The third-order valence-corrected chi connectivity index (χ3v) is 4.37. The van der Waals surface area contributed by atoms with Gasteiger partial charge in [0.2, 0.25) is 0 Å². The Labute approximate surface area is 116 Å². The summed E-state index contributed by atoms with van der Waals surface area (Å²) in [5, 5.41) is 10.2. The quantitative estimate of drug-likeness (QED) is 0.806. The van der Waals surface area contributed by atoms with E-state index in [1.165, 1.54) is 44.5 Å². The van der Waals surface area contributed by atoms with Crippen molar-refractivity contribution in [2.24, 2.45) is 11.8 Å². The van der Waals surface area contributed by atoms with Gasteiger partial charge in [0.05, 0.1) is 6.10 Å². The summed E-state index contributed by atoms with van der Waals surface area (Å²) in [6, 6.07) is 8.44. The SMILES string of the molecule is CCC(O)c1ccccc1N(CC1CC1)CC1CC1. The van der Waals surface area contributed by atoms with E-state index in [0.29, 0.717) is 0 Å².